The van der Waals surface area contributed by atoms with Gasteiger partial charge in [-0.3, -0.25) is 0 Å². The van der Waals surface area contributed by atoms with Crippen LogP contribution in [0, 0.1) is 0 Å². The van der Waals surface area contributed by atoms with Crippen LogP contribution in [0.25, 0.3) is 12.2 Å². The molecule has 150 valence electrons. The van der Waals surface area contributed by atoms with E-state index in [0.29, 0.717) is 3.63 Å². The van der Waals surface area contributed by atoms with Gasteiger partial charge in [0.15, 0.2) is 0 Å². The van der Waals surface area contributed by atoms with Crippen LogP contribution < -0.4 is 24.8 Å². The Morgan fingerprint density at radius 1 is 0.767 bits per heavy atom. The fraction of sp³-hybridized carbons (Fsp3) is 0.148. The molecule has 0 spiro atoms. The number of halogens is 2. The zero-order chi connectivity index (χ0) is 19.1. The van der Waals surface area contributed by atoms with Gasteiger partial charge in [-0.05, 0) is 0 Å². The summed E-state index contributed by atoms with van der Waals surface area (Å²) in [5, 5.41) is 0. The second-order valence-corrected chi connectivity index (χ2v) is 16.0. The summed E-state index contributed by atoms with van der Waals surface area (Å²) in [6.45, 7) is 4.92. The Morgan fingerprint density at radius 3 is 2.17 bits per heavy atom. The average Bonchev–Trinajstić information content (AvgIpc) is 3.32. The minimum absolute atomic E-state index is 0. The number of rotatable bonds is 3. The van der Waals surface area contributed by atoms with Crippen molar-refractivity contribution in [3.63, 3.8) is 0 Å². The molecule has 0 fully saturated rings. The van der Waals surface area contributed by atoms with Crippen LogP contribution in [-0.2, 0) is 24.4 Å². The van der Waals surface area contributed by atoms with E-state index in [4.69, 9.17) is 0 Å². The maximum atomic E-state index is 2.52. The number of allylic oxidation sites excluding steroid dienone is 2. The van der Waals surface area contributed by atoms with E-state index in [2.05, 4.69) is 117 Å². The van der Waals surface area contributed by atoms with Crippen LogP contribution in [0.3, 0.4) is 0 Å². The molecule has 2 aliphatic carbocycles. The normalized spacial score (nSPS) is 20.6. The molecule has 2 aliphatic rings. The Hall–Kier alpha value is -1.53. The van der Waals surface area contributed by atoms with E-state index in [0.717, 1.165) is 0 Å². The van der Waals surface area contributed by atoms with Crippen molar-refractivity contribution >= 4 is 15.4 Å². The molecule has 30 heavy (non-hydrogen) atoms. The Kier molecular flexibility index (Phi) is 7.18. The number of hydrogen-bond acceptors (Lipinski definition) is 0. The number of hydrogen-bond donors (Lipinski definition) is 0. The molecule has 2 unspecified atom stereocenters. The summed E-state index contributed by atoms with van der Waals surface area (Å²) in [4.78, 5) is 0. The molecule has 2 atom stereocenters. The molecule has 0 saturated carbocycles. The maximum Gasteiger partial charge on any atom is -1.00 e. The molecule has 0 nitrogen and oxygen atoms in total. The molecular weight excluding hydrogens is 486 g/mol. The van der Waals surface area contributed by atoms with E-state index in [1.807, 2.05) is 0 Å². The number of fused-ring (bicyclic) bond motifs is 2. The van der Waals surface area contributed by atoms with Gasteiger partial charge in [0.2, 0.25) is 0 Å². The third kappa shape index (κ3) is 3.77. The van der Waals surface area contributed by atoms with Crippen molar-refractivity contribution in [3.05, 3.63) is 119 Å². The van der Waals surface area contributed by atoms with E-state index in [1.54, 1.807) is 3.21 Å². The summed E-state index contributed by atoms with van der Waals surface area (Å²) < 4.78 is 2.38. The number of benzene rings is 3. The van der Waals surface area contributed by atoms with Crippen LogP contribution in [0.1, 0.15) is 45.3 Å². The average molecular weight is 511 g/mol. The van der Waals surface area contributed by atoms with Gasteiger partial charge in [0.25, 0.3) is 0 Å². The largest absolute Gasteiger partial charge is 1.00 e. The third-order valence-electron chi connectivity index (χ3n) is 6.40. The van der Waals surface area contributed by atoms with E-state index in [9.17, 15) is 0 Å². The fourth-order valence-corrected chi connectivity index (χ4v) is 14.9. The second-order valence-electron chi connectivity index (χ2n) is 7.99. The Balaban J connectivity index is 0.00000128. The van der Waals surface area contributed by atoms with Crippen LogP contribution in [0.2, 0.25) is 0 Å². The minimum Gasteiger partial charge on any atom is -1.00 e. The standard InChI is InChI=1S/C10H9.C9H7.C8H8.2ClH.Zr/c1-8-6-7-9-4-2-3-5-10(8)9;1-2-5-9-7-3-6-8(9)4-1;1-2-8-6-4-3-5-7-8;;;/h2-7H,1H3;1-7H;3-7H,1H3;2*1H;/q;;;;;+2/p-2. The second kappa shape index (κ2) is 9.31. The molecule has 0 N–H and O–H groups in total. The van der Waals surface area contributed by atoms with Crippen molar-refractivity contribution in [2.24, 2.45) is 0 Å². The van der Waals surface area contributed by atoms with Crippen LogP contribution in [-0.4, -0.2) is 3.21 Å². The third-order valence-corrected chi connectivity index (χ3v) is 15.7. The first-order valence-electron chi connectivity index (χ1n) is 10.0. The van der Waals surface area contributed by atoms with Crippen molar-refractivity contribution < 1.29 is 46.1 Å². The zero-order valence-electron chi connectivity index (χ0n) is 17.1. The van der Waals surface area contributed by atoms with Crippen LogP contribution >= 0.6 is 0 Å². The molecule has 5 rings (SSSR count). The summed E-state index contributed by atoms with van der Waals surface area (Å²) in [6.07, 6.45) is 9.74. The molecule has 0 aliphatic heterocycles. The molecule has 3 aromatic carbocycles. The Labute approximate surface area is 199 Å². The van der Waals surface area contributed by atoms with Gasteiger partial charge < -0.3 is 24.8 Å². The van der Waals surface area contributed by atoms with Crippen molar-refractivity contribution in [1.29, 1.82) is 0 Å². The van der Waals surface area contributed by atoms with Crippen molar-refractivity contribution in [2.45, 2.75) is 20.6 Å². The van der Waals surface area contributed by atoms with Crippen molar-refractivity contribution in [1.82, 2.24) is 0 Å². The van der Waals surface area contributed by atoms with E-state index >= 15 is 0 Å². The minimum atomic E-state index is -2.28. The Morgan fingerprint density at radius 2 is 1.40 bits per heavy atom. The van der Waals surface area contributed by atoms with E-state index in [-0.39, 0.29) is 27.9 Å². The van der Waals surface area contributed by atoms with E-state index in [1.165, 1.54) is 27.8 Å². The summed E-state index contributed by atoms with van der Waals surface area (Å²) in [5.41, 5.74) is 7.29. The van der Waals surface area contributed by atoms with Gasteiger partial charge in [0.1, 0.15) is 0 Å². The molecule has 0 aromatic heterocycles. The summed E-state index contributed by atoms with van der Waals surface area (Å²) >= 11 is -2.28. The smallest absolute Gasteiger partial charge is 1.00 e. The molecule has 0 saturated heterocycles. The molecule has 0 radical (unpaired) electrons. The van der Waals surface area contributed by atoms with Gasteiger partial charge in [0, 0.05) is 0 Å². The van der Waals surface area contributed by atoms with Crippen molar-refractivity contribution in [2.75, 3.05) is 0 Å². The molecular formula is C27H24Cl2Zr. The van der Waals surface area contributed by atoms with Gasteiger partial charge in [-0.25, -0.2) is 0 Å². The van der Waals surface area contributed by atoms with Gasteiger partial charge in [-0.15, -0.1) is 0 Å². The molecule has 0 bridgehead atoms. The molecule has 0 amide bonds. The SMILES string of the molecule is C/[C](c1ccccc1)=[Zr+2](\[CH]1C=Cc2ccccc21)[C]1(C)C=Cc2ccccc21.[Cl-].[Cl-]. The predicted octanol–water partition coefficient (Wildman–Crippen LogP) is 0.564. The predicted molar refractivity (Wildman–Crippen MR) is 117 cm³/mol. The zero-order valence-corrected chi connectivity index (χ0v) is 21.1. The van der Waals surface area contributed by atoms with Crippen LogP contribution in [0.15, 0.2) is 91.0 Å². The van der Waals surface area contributed by atoms with Crippen molar-refractivity contribution in [3.8, 4) is 0 Å². The fourth-order valence-electron chi connectivity index (χ4n) is 4.99. The first-order chi connectivity index (χ1) is 13.7. The van der Waals surface area contributed by atoms with Crippen LogP contribution in [0.5, 0.6) is 0 Å². The summed E-state index contributed by atoms with van der Waals surface area (Å²) in [6, 6.07) is 29.1. The topological polar surface area (TPSA) is 0 Å². The van der Waals surface area contributed by atoms with Gasteiger partial charge in [0.05, 0.1) is 0 Å². The van der Waals surface area contributed by atoms with Gasteiger partial charge in [-0.2, -0.15) is 0 Å². The Bertz CT molecular complexity index is 1140. The van der Waals surface area contributed by atoms with Crippen LogP contribution in [0.4, 0.5) is 0 Å². The van der Waals surface area contributed by atoms with Gasteiger partial charge in [-0.1, -0.05) is 0 Å². The molecule has 0 heterocycles. The molecule has 3 aromatic rings. The first-order valence-corrected chi connectivity index (χ1v) is 13.9. The monoisotopic (exact) mass is 508 g/mol. The quantitative estimate of drug-likeness (QED) is 0.484. The van der Waals surface area contributed by atoms with Gasteiger partial charge >= 0.3 is 176 Å². The first kappa shape index (κ1) is 23.1. The summed E-state index contributed by atoms with van der Waals surface area (Å²) in [7, 11) is 0. The summed E-state index contributed by atoms with van der Waals surface area (Å²) in [5.74, 6) is 0. The maximum absolute atomic E-state index is 2.52. The molecule has 3 heteroatoms. The van der Waals surface area contributed by atoms with E-state index < -0.39 is 21.3 Å².